The largest absolute Gasteiger partial charge is 0.396 e. The lowest BCUT2D eigenvalue weighted by atomic mass is 10.3. The number of halogens is 4. The summed E-state index contributed by atoms with van der Waals surface area (Å²) in [6.45, 7) is 0. The highest BCUT2D eigenvalue weighted by Gasteiger charge is 2.22. The van der Waals surface area contributed by atoms with Crippen LogP contribution in [0.1, 0.15) is 0 Å². The van der Waals surface area contributed by atoms with Crippen LogP contribution in [0.4, 0.5) is 20.2 Å². The summed E-state index contributed by atoms with van der Waals surface area (Å²) < 4.78 is 53.9. The number of hydrogen-bond acceptors (Lipinski definition) is 3. The van der Waals surface area contributed by atoms with E-state index in [0.29, 0.717) is 12.1 Å². The van der Waals surface area contributed by atoms with Crippen LogP contribution >= 0.6 is 34.2 Å². The van der Waals surface area contributed by atoms with Gasteiger partial charge in [-0.3, -0.25) is 4.72 Å². The van der Waals surface area contributed by atoms with E-state index < -0.39 is 32.2 Å². The van der Waals surface area contributed by atoms with Crippen LogP contribution in [0.25, 0.3) is 0 Å². The van der Waals surface area contributed by atoms with Crippen molar-refractivity contribution in [2.75, 3.05) is 10.5 Å². The summed E-state index contributed by atoms with van der Waals surface area (Å²) in [4.78, 5) is -0.754. The summed E-state index contributed by atoms with van der Waals surface area (Å²) in [5.41, 5.74) is 4.88. The molecule has 4 nitrogen and oxygen atoms in total. The molecule has 0 saturated heterocycles. The minimum atomic E-state index is -4.28. The van der Waals surface area contributed by atoms with Gasteiger partial charge < -0.3 is 5.73 Å². The zero-order chi connectivity index (χ0) is 15.8. The van der Waals surface area contributed by atoms with Gasteiger partial charge in [-0.1, -0.05) is 11.6 Å². The van der Waals surface area contributed by atoms with Crippen molar-refractivity contribution < 1.29 is 17.2 Å². The van der Waals surface area contributed by atoms with Crippen LogP contribution in [0.2, 0.25) is 5.02 Å². The first-order valence-electron chi connectivity index (χ1n) is 5.43. The lowest BCUT2D eigenvalue weighted by Crippen LogP contribution is -2.15. The number of anilines is 2. The molecule has 0 atom stereocenters. The summed E-state index contributed by atoms with van der Waals surface area (Å²) in [7, 11) is -4.28. The van der Waals surface area contributed by atoms with E-state index >= 15 is 0 Å². The van der Waals surface area contributed by atoms with E-state index in [1.165, 1.54) is 12.1 Å². The molecule has 0 fully saturated rings. The first-order valence-corrected chi connectivity index (χ1v) is 8.37. The van der Waals surface area contributed by atoms with Crippen LogP contribution in [0.3, 0.4) is 0 Å². The van der Waals surface area contributed by atoms with Crippen molar-refractivity contribution in [1.29, 1.82) is 0 Å². The van der Waals surface area contributed by atoms with E-state index in [2.05, 4.69) is 4.72 Å². The molecule has 2 rings (SSSR count). The van der Waals surface area contributed by atoms with Crippen LogP contribution in [0.5, 0.6) is 0 Å². The Labute approximate surface area is 138 Å². The maximum Gasteiger partial charge on any atom is 0.264 e. The number of hydrogen-bond donors (Lipinski definition) is 2. The van der Waals surface area contributed by atoms with E-state index in [4.69, 9.17) is 17.3 Å². The maximum absolute atomic E-state index is 13.6. The van der Waals surface area contributed by atoms with Gasteiger partial charge in [0.15, 0.2) is 0 Å². The third-order valence-corrected chi connectivity index (χ3v) is 4.88. The molecule has 2 aromatic carbocycles. The number of benzene rings is 2. The molecule has 0 spiro atoms. The molecule has 3 N–H and O–H groups in total. The highest BCUT2D eigenvalue weighted by atomic mass is 127. The molecule has 0 saturated carbocycles. The van der Waals surface area contributed by atoms with Crippen LogP contribution in [0.15, 0.2) is 35.2 Å². The van der Waals surface area contributed by atoms with Gasteiger partial charge in [0.1, 0.15) is 16.5 Å². The molecule has 0 bridgehead atoms. The lowest BCUT2D eigenvalue weighted by Gasteiger charge is -2.11. The molecular weight excluding hydrogens is 437 g/mol. The van der Waals surface area contributed by atoms with Crippen molar-refractivity contribution in [2.24, 2.45) is 0 Å². The quantitative estimate of drug-likeness (QED) is 0.561. The second-order valence-corrected chi connectivity index (χ2v) is 7.34. The van der Waals surface area contributed by atoms with E-state index in [-0.39, 0.29) is 10.7 Å². The molecule has 0 aromatic heterocycles. The number of nitrogens with two attached hydrogens (primary N) is 1. The first-order chi connectivity index (χ1) is 9.70. The Bertz CT molecular complexity index is 815. The topological polar surface area (TPSA) is 72.2 Å². The van der Waals surface area contributed by atoms with Gasteiger partial charge >= 0.3 is 0 Å². The monoisotopic (exact) mass is 444 g/mol. The van der Waals surface area contributed by atoms with Crippen molar-refractivity contribution in [3.05, 3.63) is 50.6 Å². The van der Waals surface area contributed by atoms with Crippen LogP contribution < -0.4 is 10.5 Å². The van der Waals surface area contributed by atoms with Crippen LogP contribution in [-0.4, -0.2) is 8.42 Å². The molecule has 0 aliphatic heterocycles. The van der Waals surface area contributed by atoms with Crippen molar-refractivity contribution in [3.63, 3.8) is 0 Å². The molecule has 0 amide bonds. The van der Waals surface area contributed by atoms with Gasteiger partial charge in [0.2, 0.25) is 0 Å². The number of sulfonamides is 1. The minimum absolute atomic E-state index is 0.0828. The number of nitrogen functional groups attached to an aromatic ring is 1. The lowest BCUT2D eigenvalue weighted by molar-refractivity contribution is 0.553. The van der Waals surface area contributed by atoms with Gasteiger partial charge in [-0.15, -0.1) is 0 Å². The Kier molecular flexibility index (Phi) is 4.59. The van der Waals surface area contributed by atoms with Gasteiger partial charge in [-0.25, -0.2) is 17.2 Å². The summed E-state index contributed by atoms with van der Waals surface area (Å²) in [6.07, 6.45) is 0. The van der Waals surface area contributed by atoms with Crippen molar-refractivity contribution in [2.45, 2.75) is 4.90 Å². The molecule has 112 valence electrons. The zero-order valence-electron chi connectivity index (χ0n) is 10.2. The molecule has 0 radical (unpaired) electrons. The summed E-state index contributed by atoms with van der Waals surface area (Å²) in [6, 6.07) is 5.73. The minimum Gasteiger partial charge on any atom is -0.396 e. The number of nitrogens with one attached hydrogen (secondary N) is 1. The second kappa shape index (κ2) is 5.93. The summed E-state index contributed by atoms with van der Waals surface area (Å²) >= 11 is 7.91. The van der Waals surface area contributed by atoms with Gasteiger partial charge in [-0.2, -0.15) is 0 Å². The smallest absolute Gasteiger partial charge is 0.264 e. The normalized spacial score (nSPS) is 11.4. The third-order valence-electron chi connectivity index (χ3n) is 2.52. The Balaban J connectivity index is 2.46. The SMILES string of the molecule is Nc1cc(S(=O)(=O)Nc2ccc(I)cc2Cl)c(F)cc1F. The Morgan fingerprint density at radius 1 is 1.14 bits per heavy atom. The molecule has 9 heteroatoms. The first kappa shape index (κ1) is 16.2. The molecule has 0 aliphatic carbocycles. The average Bonchev–Trinajstić information content (AvgIpc) is 2.37. The summed E-state index contributed by atoms with van der Waals surface area (Å²) in [5.74, 6) is -2.27. The molecule has 0 unspecified atom stereocenters. The van der Waals surface area contributed by atoms with E-state index in [1.54, 1.807) is 6.07 Å². The van der Waals surface area contributed by atoms with Crippen molar-refractivity contribution in [3.8, 4) is 0 Å². The Hall–Kier alpha value is -1.13. The fourth-order valence-corrected chi connectivity index (χ4v) is 3.66. The van der Waals surface area contributed by atoms with Crippen molar-refractivity contribution in [1.82, 2.24) is 0 Å². The molecule has 21 heavy (non-hydrogen) atoms. The van der Waals surface area contributed by atoms with Crippen molar-refractivity contribution >= 4 is 55.6 Å². The van der Waals surface area contributed by atoms with Crippen LogP contribution in [0, 0.1) is 15.2 Å². The zero-order valence-corrected chi connectivity index (χ0v) is 13.9. The van der Waals surface area contributed by atoms with Crippen LogP contribution in [-0.2, 0) is 10.0 Å². The van der Waals surface area contributed by atoms with Gasteiger partial charge in [0, 0.05) is 9.64 Å². The highest BCUT2D eigenvalue weighted by molar-refractivity contribution is 14.1. The fraction of sp³-hybridized carbons (Fsp3) is 0. The van der Waals surface area contributed by atoms with E-state index in [1.807, 2.05) is 22.6 Å². The second-order valence-electron chi connectivity index (χ2n) is 4.03. The Morgan fingerprint density at radius 3 is 2.43 bits per heavy atom. The molecular formula is C12H8ClF2IN2O2S. The van der Waals surface area contributed by atoms with Gasteiger partial charge in [-0.05, 0) is 46.9 Å². The maximum atomic E-state index is 13.6. The number of rotatable bonds is 3. The van der Waals surface area contributed by atoms with Gasteiger partial charge in [0.25, 0.3) is 10.0 Å². The standard InChI is InChI=1S/C12H8ClF2IN2O2S/c13-7-3-6(16)1-2-11(7)18-21(19,20)12-5-10(17)8(14)4-9(12)15/h1-5,18H,17H2. The average molecular weight is 445 g/mol. The van der Waals surface area contributed by atoms with Gasteiger partial charge in [0.05, 0.1) is 16.4 Å². The molecule has 2 aromatic rings. The Morgan fingerprint density at radius 2 is 1.81 bits per heavy atom. The fourth-order valence-electron chi connectivity index (χ4n) is 1.52. The predicted molar refractivity (Wildman–Crippen MR) is 85.7 cm³/mol. The third kappa shape index (κ3) is 3.55. The van der Waals surface area contributed by atoms with E-state index in [0.717, 1.165) is 3.57 Å². The highest BCUT2D eigenvalue weighted by Crippen LogP contribution is 2.28. The van der Waals surface area contributed by atoms with E-state index in [9.17, 15) is 17.2 Å². The molecule has 0 aliphatic rings. The summed E-state index contributed by atoms with van der Waals surface area (Å²) in [5, 5.41) is 0.154. The molecule has 0 heterocycles. The predicted octanol–water partition coefficient (Wildman–Crippen LogP) is 3.61.